The van der Waals surface area contributed by atoms with Gasteiger partial charge in [0.15, 0.2) is 11.5 Å². The maximum Gasteiger partial charge on any atom is 0.586 e. The van der Waals surface area contributed by atoms with Gasteiger partial charge in [-0.2, -0.15) is 0 Å². The minimum atomic E-state index is -3.56. The van der Waals surface area contributed by atoms with Crippen molar-refractivity contribution in [3.05, 3.63) is 18.2 Å². The van der Waals surface area contributed by atoms with E-state index in [2.05, 4.69) is 40.5 Å². The fourth-order valence-corrected chi connectivity index (χ4v) is 2.94. The maximum atomic E-state index is 13.1. The summed E-state index contributed by atoms with van der Waals surface area (Å²) in [4.78, 5) is 2.26. The fraction of sp³-hybridized carbons (Fsp3) is 0.600. The molecule has 0 aromatic heterocycles. The van der Waals surface area contributed by atoms with E-state index < -0.39 is 6.29 Å². The largest absolute Gasteiger partial charge is 0.586 e. The fourth-order valence-electron chi connectivity index (χ4n) is 2.94. The van der Waals surface area contributed by atoms with Crippen molar-refractivity contribution < 1.29 is 18.3 Å². The van der Waals surface area contributed by atoms with E-state index in [9.17, 15) is 8.78 Å². The lowest BCUT2D eigenvalue weighted by molar-refractivity contribution is -0.286. The number of anilines is 1. The quantitative estimate of drug-likeness (QED) is 0.910. The molecule has 116 valence electrons. The minimum Gasteiger partial charge on any atom is -0.395 e. The van der Waals surface area contributed by atoms with Crippen LogP contribution in [0.3, 0.4) is 0 Å². The third-order valence-electron chi connectivity index (χ3n) is 4.03. The molecule has 1 aromatic carbocycles. The maximum absolute atomic E-state index is 13.1. The van der Waals surface area contributed by atoms with E-state index in [-0.39, 0.29) is 11.5 Å². The van der Waals surface area contributed by atoms with Crippen LogP contribution in [0.25, 0.3) is 0 Å². The zero-order valence-corrected chi connectivity index (χ0v) is 12.4. The van der Waals surface area contributed by atoms with Gasteiger partial charge >= 0.3 is 6.29 Å². The van der Waals surface area contributed by atoms with Crippen LogP contribution < -0.4 is 19.7 Å². The average Bonchev–Trinajstić information content (AvgIpc) is 2.70. The molecule has 2 aliphatic rings. The smallest absolute Gasteiger partial charge is 0.395 e. The minimum absolute atomic E-state index is 0.0908. The van der Waals surface area contributed by atoms with Crippen LogP contribution >= 0.6 is 0 Å². The van der Waals surface area contributed by atoms with E-state index in [0.717, 1.165) is 18.8 Å². The second-order valence-electron chi connectivity index (χ2n) is 6.07. The summed E-state index contributed by atoms with van der Waals surface area (Å²) in [6, 6.07) is 5.69. The first-order chi connectivity index (χ1) is 9.85. The number of halogens is 2. The van der Waals surface area contributed by atoms with Crippen LogP contribution in [-0.2, 0) is 0 Å². The van der Waals surface area contributed by atoms with Crippen LogP contribution in [-0.4, -0.2) is 31.5 Å². The van der Waals surface area contributed by atoms with Gasteiger partial charge < -0.3 is 19.7 Å². The van der Waals surface area contributed by atoms with E-state index in [4.69, 9.17) is 0 Å². The number of rotatable bonds is 2. The first kappa shape index (κ1) is 14.4. The van der Waals surface area contributed by atoms with Crippen LogP contribution in [0, 0.1) is 5.92 Å². The van der Waals surface area contributed by atoms with Crippen molar-refractivity contribution >= 4 is 5.69 Å². The molecule has 0 aliphatic carbocycles. The van der Waals surface area contributed by atoms with E-state index in [1.54, 1.807) is 12.1 Å². The Morgan fingerprint density at radius 1 is 1.29 bits per heavy atom. The van der Waals surface area contributed by atoms with Crippen molar-refractivity contribution in [2.45, 2.75) is 39.1 Å². The molecule has 1 aromatic rings. The van der Waals surface area contributed by atoms with Gasteiger partial charge in [0.25, 0.3) is 0 Å². The molecule has 2 aliphatic heterocycles. The van der Waals surface area contributed by atoms with Crippen LogP contribution in [0.4, 0.5) is 14.5 Å². The summed E-state index contributed by atoms with van der Waals surface area (Å²) in [7, 11) is 0. The third-order valence-corrected chi connectivity index (χ3v) is 4.03. The molecule has 0 saturated carbocycles. The number of benzene rings is 1. The monoisotopic (exact) mass is 298 g/mol. The molecular formula is C15H20F2N2O2. The molecule has 1 fully saturated rings. The molecular weight excluding hydrogens is 278 g/mol. The molecule has 1 saturated heterocycles. The number of ether oxygens (including phenoxy) is 2. The Hall–Kier alpha value is -1.56. The van der Waals surface area contributed by atoms with Gasteiger partial charge in [-0.15, -0.1) is 8.78 Å². The van der Waals surface area contributed by atoms with Gasteiger partial charge in [0.05, 0.1) is 0 Å². The van der Waals surface area contributed by atoms with Crippen molar-refractivity contribution in [1.29, 1.82) is 0 Å². The SMILES string of the molecule is CC1CN(c2ccc3c(c2)OC(F)(F)O3)C(C(C)C)CN1. The van der Waals surface area contributed by atoms with E-state index in [1.165, 1.54) is 0 Å². The summed E-state index contributed by atoms with van der Waals surface area (Å²) in [5.74, 6) is 0.649. The van der Waals surface area contributed by atoms with Crippen LogP contribution in [0.15, 0.2) is 18.2 Å². The van der Waals surface area contributed by atoms with Crippen molar-refractivity contribution in [1.82, 2.24) is 5.32 Å². The van der Waals surface area contributed by atoms with Gasteiger partial charge in [0.1, 0.15) is 0 Å². The van der Waals surface area contributed by atoms with Gasteiger partial charge in [-0.3, -0.25) is 0 Å². The highest BCUT2D eigenvalue weighted by atomic mass is 19.3. The van der Waals surface area contributed by atoms with Crippen molar-refractivity contribution in [3.8, 4) is 11.5 Å². The zero-order valence-electron chi connectivity index (χ0n) is 12.4. The summed E-state index contributed by atoms with van der Waals surface area (Å²) < 4.78 is 35.2. The molecule has 2 unspecified atom stereocenters. The molecule has 0 bridgehead atoms. The predicted octanol–water partition coefficient (Wildman–Crippen LogP) is 2.83. The van der Waals surface area contributed by atoms with E-state index in [1.807, 2.05) is 6.07 Å². The molecule has 2 atom stereocenters. The normalized spacial score (nSPS) is 27.2. The van der Waals surface area contributed by atoms with Gasteiger partial charge in [0, 0.05) is 36.9 Å². The average molecular weight is 298 g/mol. The Morgan fingerprint density at radius 3 is 2.71 bits per heavy atom. The molecule has 6 heteroatoms. The Morgan fingerprint density at radius 2 is 2.00 bits per heavy atom. The zero-order chi connectivity index (χ0) is 15.2. The molecule has 0 amide bonds. The Balaban J connectivity index is 1.89. The highest BCUT2D eigenvalue weighted by molar-refractivity contribution is 5.58. The highest BCUT2D eigenvalue weighted by Gasteiger charge is 2.43. The second kappa shape index (κ2) is 5.02. The number of nitrogens with one attached hydrogen (secondary N) is 1. The molecule has 2 heterocycles. The van der Waals surface area contributed by atoms with Crippen LogP contribution in [0.5, 0.6) is 11.5 Å². The van der Waals surface area contributed by atoms with E-state index in [0.29, 0.717) is 18.0 Å². The lowest BCUT2D eigenvalue weighted by atomic mass is 9.98. The Labute approximate surface area is 123 Å². The molecule has 3 rings (SSSR count). The topological polar surface area (TPSA) is 33.7 Å². The number of alkyl halides is 2. The third kappa shape index (κ3) is 2.77. The molecule has 0 spiro atoms. The summed E-state index contributed by atoms with van der Waals surface area (Å²) >= 11 is 0. The number of fused-ring (bicyclic) bond motifs is 1. The molecule has 1 N–H and O–H groups in total. The van der Waals surface area contributed by atoms with Crippen molar-refractivity contribution in [2.75, 3.05) is 18.0 Å². The highest BCUT2D eigenvalue weighted by Crippen LogP contribution is 2.43. The van der Waals surface area contributed by atoms with Crippen molar-refractivity contribution in [2.24, 2.45) is 5.92 Å². The summed E-state index contributed by atoms with van der Waals surface area (Å²) in [5.41, 5.74) is 0.891. The number of hydrogen-bond donors (Lipinski definition) is 1. The standard InChI is InChI=1S/C15H20F2N2O2/c1-9(2)12-7-18-10(3)8-19(12)11-4-5-13-14(6-11)21-15(16,17)20-13/h4-6,9-10,12,18H,7-8H2,1-3H3. The lowest BCUT2D eigenvalue weighted by Gasteiger charge is -2.43. The van der Waals surface area contributed by atoms with Gasteiger partial charge in [-0.25, -0.2) is 0 Å². The summed E-state index contributed by atoms with van der Waals surface area (Å²) in [5, 5.41) is 3.46. The lowest BCUT2D eigenvalue weighted by Crippen LogP contribution is -2.57. The molecule has 21 heavy (non-hydrogen) atoms. The van der Waals surface area contributed by atoms with Crippen molar-refractivity contribution in [3.63, 3.8) is 0 Å². The van der Waals surface area contributed by atoms with E-state index >= 15 is 0 Å². The molecule has 4 nitrogen and oxygen atoms in total. The number of nitrogens with zero attached hydrogens (tertiary/aromatic N) is 1. The Bertz CT molecular complexity index is 536. The number of hydrogen-bond acceptors (Lipinski definition) is 4. The van der Waals surface area contributed by atoms with Gasteiger partial charge in [-0.05, 0) is 25.0 Å². The first-order valence-electron chi connectivity index (χ1n) is 7.25. The van der Waals surface area contributed by atoms with Crippen LogP contribution in [0.2, 0.25) is 0 Å². The van der Waals surface area contributed by atoms with Crippen LogP contribution in [0.1, 0.15) is 20.8 Å². The van der Waals surface area contributed by atoms with Gasteiger partial charge in [0.2, 0.25) is 0 Å². The first-order valence-corrected chi connectivity index (χ1v) is 7.25. The summed E-state index contributed by atoms with van der Waals surface area (Å²) in [6.45, 7) is 8.15. The second-order valence-corrected chi connectivity index (χ2v) is 6.07. The number of piperazine rings is 1. The Kier molecular flexibility index (Phi) is 3.43. The summed E-state index contributed by atoms with van der Waals surface area (Å²) in [6.07, 6.45) is -3.56. The van der Waals surface area contributed by atoms with Gasteiger partial charge in [-0.1, -0.05) is 13.8 Å². The predicted molar refractivity (Wildman–Crippen MR) is 76.1 cm³/mol. The molecule has 0 radical (unpaired) electrons.